The van der Waals surface area contributed by atoms with Gasteiger partial charge in [-0.25, -0.2) is 9.98 Å². The highest BCUT2D eigenvalue weighted by atomic mass is 16.5. The lowest BCUT2D eigenvalue weighted by Gasteiger charge is -2.34. The molecule has 2 aliphatic heterocycles. The lowest BCUT2D eigenvalue weighted by atomic mass is 10.1. The zero-order chi connectivity index (χ0) is 16.5. The van der Waals surface area contributed by atoms with Gasteiger partial charge in [-0.1, -0.05) is 30.3 Å². The molecule has 0 aliphatic carbocycles. The maximum absolute atomic E-state index is 12.5. The van der Waals surface area contributed by atoms with Gasteiger partial charge in [0.15, 0.2) is 6.17 Å². The van der Waals surface area contributed by atoms with Crippen LogP contribution in [0.1, 0.15) is 17.4 Å². The molecule has 0 saturated carbocycles. The van der Waals surface area contributed by atoms with E-state index in [1.165, 1.54) is 6.07 Å². The molecule has 0 bridgehead atoms. The monoisotopic (exact) mass is 325 g/mol. The van der Waals surface area contributed by atoms with Crippen molar-refractivity contribution in [2.75, 3.05) is 31.6 Å². The van der Waals surface area contributed by atoms with Gasteiger partial charge in [0.05, 0.1) is 13.2 Å². The Balaban J connectivity index is 1.82. The number of aliphatic imine (C=N–C) groups is 1. The molecule has 1 aromatic carbocycles. The average Bonchev–Trinajstić information content (AvgIpc) is 2.62. The third-order valence-electron chi connectivity index (χ3n) is 4.20. The quantitative estimate of drug-likeness (QED) is 0.853. The minimum atomic E-state index is -0.416. The highest BCUT2D eigenvalue weighted by Gasteiger charge is 2.27. The van der Waals surface area contributed by atoms with Gasteiger partial charge in [-0.3, -0.25) is 14.7 Å². The fourth-order valence-electron chi connectivity index (χ4n) is 3.02. The molecule has 0 unspecified atom stereocenters. The molecule has 7 nitrogen and oxygen atoms in total. The van der Waals surface area contributed by atoms with E-state index in [1.54, 1.807) is 4.57 Å². The van der Waals surface area contributed by atoms with Crippen LogP contribution in [0.5, 0.6) is 0 Å². The smallest absolute Gasteiger partial charge is 0.257 e. The highest BCUT2D eigenvalue weighted by molar-refractivity contribution is 5.93. The van der Waals surface area contributed by atoms with Crippen molar-refractivity contribution in [2.24, 2.45) is 4.99 Å². The minimum absolute atomic E-state index is 0.108. The molecule has 0 amide bonds. The molecule has 1 aromatic heterocycles. The van der Waals surface area contributed by atoms with E-state index in [9.17, 15) is 4.79 Å². The van der Waals surface area contributed by atoms with Crippen LogP contribution < -0.4 is 10.9 Å². The molecule has 1 N–H and O–H groups in total. The van der Waals surface area contributed by atoms with Crippen LogP contribution in [-0.2, 0) is 4.74 Å². The fraction of sp³-hybridized carbons (Fsp3) is 0.353. The topological polar surface area (TPSA) is 71.8 Å². The van der Waals surface area contributed by atoms with Crippen molar-refractivity contribution >= 4 is 11.9 Å². The van der Waals surface area contributed by atoms with Crippen LogP contribution in [0, 0.1) is 6.92 Å². The fourth-order valence-corrected chi connectivity index (χ4v) is 3.02. The van der Waals surface area contributed by atoms with Gasteiger partial charge in [-0.2, -0.15) is 0 Å². The summed E-state index contributed by atoms with van der Waals surface area (Å²) in [6.07, 6.45) is -0.416. The molecule has 0 radical (unpaired) electrons. The van der Waals surface area contributed by atoms with Crippen LogP contribution in [0.15, 0.2) is 46.2 Å². The van der Waals surface area contributed by atoms with Crippen LogP contribution in [0.25, 0.3) is 0 Å². The second kappa shape index (κ2) is 6.09. The van der Waals surface area contributed by atoms with E-state index in [0.717, 1.165) is 24.6 Å². The van der Waals surface area contributed by atoms with Crippen molar-refractivity contribution in [1.29, 1.82) is 0 Å². The first kappa shape index (κ1) is 14.9. The van der Waals surface area contributed by atoms with E-state index in [-0.39, 0.29) is 5.56 Å². The van der Waals surface area contributed by atoms with Gasteiger partial charge in [-0.15, -0.1) is 0 Å². The number of nitrogens with zero attached hydrogens (tertiary/aromatic N) is 4. The van der Waals surface area contributed by atoms with Gasteiger partial charge in [0, 0.05) is 24.8 Å². The molecule has 0 spiro atoms. The van der Waals surface area contributed by atoms with E-state index in [1.807, 2.05) is 37.3 Å². The minimum Gasteiger partial charge on any atom is -0.378 e. The third kappa shape index (κ3) is 2.67. The van der Waals surface area contributed by atoms with Crippen molar-refractivity contribution < 1.29 is 4.74 Å². The summed E-state index contributed by atoms with van der Waals surface area (Å²) >= 11 is 0. The molecule has 2 aliphatic rings. The molecule has 24 heavy (non-hydrogen) atoms. The molecular formula is C17H19N5O2. The summed E-state index contributed by atoms with van der Waals surface area (Å²) in [5, 5.41) is 3.22. The second-order valence-corrected chi connectivity index (χ2v) is 5.89. The molecule has 3 heterocycles. The van der Waals surface area contributed by atoms with Crippen molar-refractivity contribution in [3.05, 3.63) is 58.0 Å². The first-order valence-electron chi connectivity index (χ1n) is 8.05. The third-order valence-corrected chi connectivity index (χ3v) is 4.20. The predicted octanol–water partition coefficient (Wildman–Crippen LogP) is 1.21. The van der Waals surface area contributed by atoms with Crippen LogP contribution in [0.4, 0.5) is 5.95 Å². The molecule has 1 atom stereocenters. The number of hydrogen-bond acceptors (Lipinski definition) is 6. The Morgan fingerprint density at radius 1 is 1.21 bits per heavy atom. The average molecular weight is 325 g/mol. The Kier molecular flexibility index (Phi) is 3.78. The van der Waals surface area contributed by atoms with E-state index < -0.39 is 6.17 Å². The predicted molar refractivity (Wildman–Crippen MR) is 91.3 cm³/mol. The maximum atomic E-state index is 12.5. The number of nitrogens with one attached hydrogen (secondary N) is 1. The van der Waals surface area contributed by atoms with Crippen LogP contribution in [0.3, 0.4) is 0 Å². The number of guanidine groups is 1. The first-order valence-corrected chi connectivity index (χ1v) is 8.05. The van der Waals surface area contributed by atoms with E-state index in [2.05, 4.69) is 15.2 Å². The van der Waals surface area contributed by atoms with E-state index in [0.29, 0.717) is 24.9 Å². The summed E-state index contributed by atoms with van der Waals surface area (Å²) in [5.74, 6) is 1.27. The number of aryl methyl sites for hydroxylation is 1. The molecule has 4 rings (SSSR count). The van der Waals surface area contributed by atoms with Crippen molar-refractivity contribution in [1.82, 2.24) is 14.5 Å². The maximum Gasteiger partial charge on any atom is 0.257 e. The first-order chi connectivity index (χ1) is 11.7. The number of hydrogen-bond donors (Lipinski definition) is 1. The largest absolute Gasteiger partial charge is 0.378 e. The van der Waals surface area contributed by atoms with Crippen LogP contribution >= 0.6 is 0 Å². The second-order valence-electron chi connectivity index (χ2n) is 5.89. The Labute approximate surface area is 139 Å². The van der Waals surface area contributed by atoms with Gasteiger partial charge in [0.25, 0.3) is 5.56 Å². The Hall–Kier alpha value is -2.67. The number of fused-ring (bicyclic) bond motifs is 1. The Morgan fingerprint density at radius 2 is 1.96 bits per heavy atom. The molecule has 7 heteroatoms. The standard InChI is InChI=1S/C17H19N5O2/c1-12-11-14(23)22-15(13-5-3-2-4-6-13)19-16(20-17(22)18-12)21-7-9-24-10-8-21/h2-6,11,15H,7-10H2,1H3,(H,18,19,20)/t15-/m0/s1. The zero-order valence-corrected chi connectivity index (χ0v) is 13.5. The van der Waals surface area contributed by atoms with Gasteiger partial charge < -0.3 is 9.64 Å². The summed E-state index contributed by atoms with van der Waals surface area (Å²) in [7, 11) is 0. The summed E-state index contributed by atoms with van der Waals surface area (Å²) in [4.78, 5) is 24.0. The Bertz CT molecular complexity index is 825. The summed E-state index contributed by atoms with van der Waals surface area (Å²) in [6.45, 7) is 4.70. The summed E-state index contributed by atoms with van der Waals surface area (Å²) in [6, 6.07) is 11.4. The zero-order valence-electron chi connectivity index (χ0n) is 13.5. The number of morpholine rings is 1. The summed E-state index contributed by atoms with van der Waals surface area (Å²) in [5.41, 5.74) is 1.54. The lowest BCUT2D eigenvalue weighted by Crippen LogP contribution is -2.47. The van der Waals surface area contributed by atoms with E-state index >= 15 is 0 Å². The molecule has 124 valence electrons. The lowest BCUT2D eigenvalue weighted by molar-refractivity contribution is 0.0675. The highest BCUT2D eigenvalue weighted by Crippen LogP contribution is 2.26. The van der Waals surface area contributed by atoms with Crippen molar-refractivity contribution in [2.45, 2.75) is 13.1 Å². The van der Waals surface area contributed by atoms with Crippen LogP contribution in [0.2, 0.25) is 0 Å². The Morgan fingerprint density at radius 3 is 2.71 bits per heavy atom. The SMILES string of the molecule is Cc1cc(=O)n2c(n1)NC(N1CCOCC1)=N[C@@H]2c1ccccc1. The molecule has 1 fully saturated rings. The summed E-state index contributed by atoms with van der Waals surface area (Å²) < 4.78 is 7.02. The molecule has 1 saturated heterocycles. The van der Waals surface area contributed by atoms with Gasteiger partial charge >= 0.3 is 0 Å². The number of aromatic nitrogens is 2. The van der Waals surface area contributed by atoms with Crippen molar-refractivity contribution in [3.63, 3.8) is 0 Å². The number of anilines is 1. The van der Waals surface area contributed by atoms with Gasteiger partial charge in [0.1, 0.15) is 0 Å². The van der Waals surface area contributed by atoms with E-state index in [4.69, 9.17) is 9.73 Å². The number of benzene rings is 1. The molecular weight excluding hydrogens is 306 g/mol. The van der Waals surface area contributed by atoms with Gasteiger partial charge in [0.2, 0.25) is 11.9 Å². The number of rotatable bonds is 1. The van der Waals surface area contributed by atoms with Crippen molar-refractivity contribution in [3.8, 4) is 0 Å². The van der Waals surface area contributed by atoms with Gasteiger partial charge in [-0.05, 0) is 12.5 Å². The number of ether oxygens (including phenoxy) is 1. The normalized spacial score (nSPS) is 20.1. The molecule has 2 aromatic rings. The van der Waals surface area contributed by atoms with Crippen LogP contribution in [-0.4, -0.2) is 46.7 Å².